The highest BCUT2D eigenvalue weighted by atomic mass is 32.2. The lowest BCUT2D eigenvalue weighted by molar-refractivity contribution is 0.598. The van der Waals surface area contributed by atoms with Gasteiger partial charge >= 0.3 is 0 Å². The third-order valence-corrected chi connectivity index (χ3v) is 5.66. The van der Waals surface area contributed by atoms with Crippen LogP contribution < -0.4 is 0 Å². The molecule has 0 amide bonds. The maximum atomic E-state index is 12.1. The molecule has 0 fully saturated rings. The highest BCUT2D eigenvalue weighted by molar-refractivity contribution is 7.94. The average Bonchev–Trinajstić information content (AvgIpc) is 2.44. The predicted molar refractivity (Wildman–Crippen MR) is 79.5 cm³/mol. The SMILES string of the molecule is O=S1(=O)/C=C\C2c3ccccc3C(C1)c1ccccc12. The topological polar surface area (TPSA) is 34.1 Å². The van der Waals surface area contributed by atoms with Crippen molar-refractivity contribution in [3.63, 3.8) is 0 Å². The van der Waals surface area contributed by atoms with E-state index in [4.69, 9.17) is 0 Å². The van der Waals surface area contributed by atoms with Crippen LogP contribution in [0.3, 0.4) is 0 Å². The Hall–Kier alpha value is -1.87. The molecule has 20 heavy (non-hydrogen) atoms. The Balaban J connectivity index is 2.08. The van der Waals surface area contributed by atoms with Gasteiger partial charge < -0.3 is 0 Å². The minimum Gasteiger partial charge on any atom is -0.224 e. The van der Waals surface area contributed by atoms with Crippen LogP contribution in [0, 0.1) is 0 Å². The van der Waals surface area contributed by atoms with Crippen LogP contribution in [0.4, 0.5) is 0 Å². The summed E-state index contributed by atoms with van der Waals surface area (Å²) in [4.78, 5) is 0. The fraction of sp³-hybridized carbons (Fsp3) is 0.176. The normalized spacial score (nSPS) is 27.0. The summed E-state index contributed by atoms with van der Waals surface area (Å²) in [6, 6.07) is 16.4. The van der Waals surface area contributed by atoms with Crippen LogP contribution in [0.15, 0.2) is 60.0 Å². The Bertz CT molecular complexity index is 771. The maximum Gasteiger partial charge on any atom is 0.172 e. The van der Waals surface area contributed by atoms with Gasteiger partial charge in [-0.2, -0.15) is 0 Å². The number of fused-ring (bicyclic) bond motifs is 2. The molecule has 5 rings (SSSR count). The predicted octanol–water partition coefficient (Wildman–Crippen LogP) is 3.21. The van der Waals surface area contributed by atoms with Gasteiger partial charge in [-0.3, -0.25) is 0 Å². The van der Waals surface area contributed by atoms with Gasteiger partial charge in [-0.25, -0.2) is 8.42 Å². The van der Waals surface area contributed by atoms with Gasteiger partial charge in [-0.1, -0.05) is 54.6 Å². The van der Waals surface area contributed by atoms with E-state index < -0.39 is 9.84 Å². The van der Waals surface area contributed by atoms with Gasteiger partial charge in [0, 0.05) is 17.2 Å². The van der Waals surface area contributed by atoms with Crippen LogP contribution in [0.25, 0.3) is 0 Å². The van der Waals surface area contributed by atoms with Crippen molar-refractivity contribution >= 4 is 9.84 Å². The molecule has 100 valence electrons. The highest BCUT2D eigenvalue weighted by Crippen LogP contribution is 2.45. The Morgan fingerprint density at radius 1 is 0.800 bits per heavy atom. The largest absolute Gasteiger partial charge is 0.224 e. The standard InChI is InChI=1S/C17H14O2S/c18-20(19)10-9-16-12-5-1-3-7-14(12)17(11-20)15-8-4-2-6-13(15)16/h1-10,16-17H,11H2/b10-9-. The molecule has 0 saturated carbocycles. The number of sulfone groups is 1. The molecule has 0 radical (unpaired) electrons. The minimum absolute atomic E-state index is 0.0476. The maximum absolute atomic E-state index is 12.1. The Labute approximate surface area is 118 Å². The van der Waals surface area contributed by atoms with Crippen LogP contribution in [0.2, 0.25) is 0 Å². The molecular weight excluding hydrogens is 268 g/mol. The van der Waals surface area contributed by atoms with Crippen LogP contribution in [-0.2, 0) is 9.84 Å². The van der Waals surface area contributed by atoms with Crippen molar-refractivity contribution in [3.05, 3.63) is 82.3 Å². The molecule has 3 aliphatic rings. The summed E-state index contributed by atoms with van der Waals surface area (Å²) in [5.41, 5.74) is 4.79. The number of hydrogen-bond donors (Lipinski definition) is 0. The van der Waals surface area contributed by atoms with Crippen molar-refractivity contribution < 1.29 is 8.42 Å². The molecule has 2 heterocycles. The monoisotopic (exact) mass is 282 g/mol. The van der Waals surface area contributed by atoms with E-state index in [0.717, 1.165) is 11.1 Å². The quantitative estimate of drug-likeness (QED) is 0.743. The fourth-order valence-corrected chi connectivity index (χ4v) is 4.76. The molecule has 0 N–H and O–H groups in total. The first-order valence-electron chi connectivity index (χ1n) is 6.74. The average molecular weight is 282 g/mol. The van der Waals surface area contributed by atoms with Gasteiger partial charge in [0.25, 0.3) is 0 Å². The van der Waals surface area contributed by atoms with Crippen molar-refractivity contribution in [1.82, 2.24) is 0 Å². The summed E-state index contributed by atoms with van der Waals surface area (Å²) >= 11 is 0. The summed E-state index contributed by atoms with van der Waals surface area (Å²) < 4.78 is 24.3. The van der Waals surface area contributed by atoms with Gasteiger partial charge in [0.2, 0.25) is 0 Å². The van der Waals surface area contributed by atoms with E-state index in [9.17, 15) is 8.42 Å². The molecule has 2 aliphatic heterocycles. The third kappa shape index (κ3) is 1.66. The van der Waals surface area contributed by atoms with E-state index >= 15 is 0 Å². The van der Waals surface area contributed by atoms with Crippen molar-refractivity contribution in [2.45, 2.75) is 11.8 Å². The lowest BCUT2D eigenvalue weighted by Crippen LogP contribution is -2.25. The van der Waals surface area contributed by atoms with E-state index in [1.165, 1.54) is 16.5 Å². The van der Waals surface area contributed by atoms with Gasteiger partial charge in [-0.05, 0) is 22.3 Å². The first kappa shape index (κ1) is 11.9. The zero-order chi connectivity index (χ0) is 13.7. The van der Waals surface area contributed by atoms with E-state index in [1.54, 1.807) is 0 Å². The zero-order valence-electron chi connectivity index (χ0n) is 10.9. The number of hydrogen-bond acceptors (Lipinski definition) is 2. The second kappa shape index (κ2) is 4.06. The third-order valence-electron chi connectivity index (χ3n) is 4.29. The summed E-state index contributed by atoms with van der Waals surface area (Å²) in [5, 5.41) is 1.40. The molecular formula is C17H14O2S. The Morgan fingerprint density at radius 3 is 1.85 bits per heavy atom. The lowest BCUT2D eigenvalue weighted by Gasteiger charge is -2.34. The zero-order valence-corrected chi connectivity index (χ0v) is 11.7. The summed E-state index contributed by atoms with van der Waals surface area (Å²) in [7, 11) is -3.14. The first-order chi connectivity index (χ1) is 9.66. The Morgan fingerprint density at radius 2 is 1.30 bits per heavy atom. The molecule has 2 bridgehead atoms. The van der Waals surface area contributed by atoms with Gasteiger partial charge in [0.15, 0.2) is 9.84 Å². The number of benzene rings is 2. The molecule has 3 heteroatoms. The summed E-state index contributed by atoms with van der Waals surface area (Å²) in [6.07, 6.45) is 1.84. The molecule has 0 aromatic heterocycles. The molecule has 0 saturated heterocycles. The Kier molecular flexibility index (Phi) is 2.42. The van der Waals surface area contributed by atoms with E-state index in [1.807, 2.05) is 30.3 Å². The molecule has 0 atom stereocenters. The van der Waals surface area contributed by atoms with Crippen molar-refractivity contribution in [1.29, 1.82) is 0 Å². The van der Waals surface area contributed by atoms with E-state index in [2.05, 4.69) is 24.3 Å². The summed E-state index contributed by atoms with van der Waals surface area (Å²) in [5.74, 6) is 0.159. The highest BCUT2D eigenvalue weighted by Gasteiger charge is 2.34. The fourth-order valence-electron chi connectivity index (χ4n) is 3.43. The molecule has 2 aromatic rings. The van der Waals surface area contributed by atoms with Crippen molar-refractivity contribution in [2.24, 2.45) is 0 Å². The molecule has 2 aromatic carbocycles. The second-order valence-corrected chi connectivity index (χ2v) is 7.38. The molecule has 1 aliphatic carbocycles. The minimum atomic E-state index is -3.14. The van der Waals surface area contributed by atoms with Gasteiger partial charge in [0.1, 0.15) is 0 Å². The van der Waals surface area contributed by atoms with Crippen LogP contribution in [0.5, 0.6) is 0 Å². The molecule has 0 spiro atoms. The smallest absolute Gasteiger partial charge is 0.172 e. The van der Waals surface area contributed by atoms with Gasteiger partial charge in [0.05, 0.1) is 5.75 Å². The van der Waals surface area contributed by atoms with Crippen LogP contribution in [0.1, 0.15) is 34.1 Å². The van der Waals surface area contributed by atoms with E-state index in [0.29, 0.717) is 0 Å². The number of rotatable bonds is 0. The van der Waals surface area contributed by atoms with Crippen LogP contribution in [-0.4, -0.2) is 14.2 Å². The first-order valence-corrected chi connectivity index (χ1v) is 8.46. The van der Waals surface area contributed by atoms with E-state index in [-0.39, 0.29) is 17.6 Å². The van der Waals surface area contributed by atoms with Crippen LogP contribution >= 0.6 is 0 Å². The summed E-state index contributed by atoms with van der Waals surface area (Å²) in [6.45, 7) is 0. The molecule has 2 nitrogen and oxygen atoms in total. The van der Waals surface area contributed by atoms with Crippen molar-refractivity contribution in [3.8, 4) is 0 Å². The second-order valence-electron chi connectivity index (χ2n) is 5.45. The van der Waals surface area contributed by atoms with Crippen molar-refractivity contribution in [2.75, 3.05) is 5.75 Å². The number of allylic oxidation sites excluding steroid dienone is 1. The lowest BCUT2D eigenvalue weighted by atomic mass is 9.73. The molecule has 0 unspecified atom stereocenters. The van der Waals surface area contributed by atoms with Gasteiger partial charge in [-0.15, -0.1) is 0 Å².